The Hall–Kier alpha value is -2.56. The molecule has 0 aliphatic carbocycles. The van der Waals surface area contributed by atoms with Gasteiger partial charge in [-0.25, -0.2) is 0 Å². The Bertz CT molecular complexity index is 931. The topological polar surface area (TPSA) is 45.5 Å². The van der Waals surface area contributed by atoms with E-state index in [0.717, 1.165) is 49.3 Å². The Morgan fingerprint density at radius 2 is 1.82 bits per heavy atom. The van der Waals surface area contributed by atoms with Crippen LogP contribution in [0.1, 0.15) is 18.4 Å². The summed E-state index contributed by atoms with van der Waals surface area (Å²) in [6.45, 7) is 2.73. The van der Waals surface area contributed by atoms with Crippen molar-refractivity contribution in [3.8, 4) is 11.1 Å². The third-order valence-corrected chi connectivity index (χ3v) is 5.47. The number of hydrogen-bond donors (Lipinski definition) is 1. The zero-order chi connectivity index (χ0) is 19.3. The largest absolute Gasteiger partial charge is 0.472 e. The van der Waals surface area contributed by atoms with E-state index in [1.807, 2.05) is 54.6 Å². The van der Waals surface area contributed by atoms with Crippen molar-refractivity contribution < 1.29 is 9.21 Å². The minimum absolute atomic E-state index is 0.0513. The SMILES string of the molecule is O=C(Nc1cccc(-c2cccc(Cl)c2)c1)C1CCN(Cc2ccoc2)CC1. The molecule has 0 spiro atoms. The van der Waals surface area contributed by atoms with E-state index in [1.165, 1.54) is 5.56 Å². The molecule has 1 saturated heterocycles. The Balaban J connectivity index is 1.35. The van der Waals surface area contributed by atoms with Crippen molar-refractivity contribution in [1.29, 1.82) is 0 Å². The van der Waals surface area contributed by atoms with Gasteiger partial charge in [-0.3, -0.25) is 9.69 Å². The summed E-state index contributed by atoms with van der Waals surface area (Å²) in [5.41, 5.74) is 4.08. The molecule has 1 aromatic heterocycles. The lowest BCUT2D eigenvalue weighted by atomic mass is 9.95. The van der Waals surface area contributed by atoms with Crippen LogP contribution in [0.25, 0.3) is 11.1 Å². The van der Waals surface area contributed by atoms with Crippen LogP contribution in [0.3, 0.4) is 0 Å². The molecule has 144 valence electrons. The van der Waals surface area contributed by atoms with Gasteiger partial charge in [0.05, 0.1) is 12.5 Å². The average molecular weight is 395 g/mol. The fourth-order valence-electron chi connectivity index (χ4n) is 3.68. The van der Waals surface area contributed by atoms with E-state index >= 15 is 0 Å². The lowest BCUT2D eigenvalue weighted by Crippen LogP contribution is -2.37. The van der Waals surface area contributed by atoms with Gasteiger partial charge in [-0.05, 0) is 67.4 Å². The molecule has 1 N–H and O–H groups in total. The number of hydrogen-bond acceptors (Lipinski definition) is 3. The second kappa shape index (κ2) is 8.63. The van der Waals surface area contributed by atoms with Crippen molar-refractivity contribution in [2.24, 2.45) is 5.92 Å². The van der Waals surface area contributed by atoms with Crippen molar-refractivity contribution in [1.82, 2.24) is 4.90 Å². The van der Waals surface area contributed by atoms with Crippen molar-refractivity contribution in [3.05, 3.63) is 77.7 Å². The first-order valence-corrected chi connectivity index (χ1v) is 9.95. The number of carbonyl (C=O) groups is 1. The number of benzene rings is 2. The predicted octanol–water partition coefficient (Wildman–Crippen LogP) is 5.45. The minimum Gasteiger partial charge on any atom is -0.472 e. The first-order chi connectivity index (χ1) is 13.7. The highest BCUT2D eigenvalue weighted by atomic mass is 35.5. The summed E-state index contributed by atoms with van der Waals surface area (Å²) in [6, 6.07) is 17.6. The third kappa shape index (κ3) is 4.64. The number of carbonyl (C=O) groups excluding carboxylic acids is 1. The Morgan fingerprint density at radius 1 is 1.07 bits per heavy atom. The predicted molar refractivity (Wildman–Crippen MR) is 112 cm³/mol. The van der Waals surface area contributed by atoms with Gasteiger partial charge in [0, 0.05) is 28.7 Å². The maximum absolute atomic E-state index is 12.7. The highest BCUT2D eigenvalue weighted by Crippen LogP contribution is 2.26. The molecule has 1 aliphatic heterocycles. The van der Waals surface area contributed by atoms with E-state index in [2.05, 4.69) is 10.2 Å². The molecule has 0 bridgehead atoms. The van der Waals surface area contributed by atoms with Crippen LogP contribution in [0.15, 0.2) is 71.5 Å². The number of piperidine rings is 1. The maximum Gasteiger partial charge on any atom is 0.227 e. The Kier molecular flexibility index (Phi) is 5.79. The zero-order valence-electron chi connectivity index (χ0n) is 15.6. The molecule has 0 radical (unpaired) electrons. The highest BCUT2D eigenvalue weighted by molar-refractivity contribution is 6.30. The van der Waals surface area contributed by atoms with Gasteiger partial charge in [0.1, 0.15) is 0 Å². The molecular formula is C23H23ClN2O2. The molecule has 0 atom stereocenters. The quantitative estimate of drug-likeness (QED) is 0.625. The molecule has 4 rings (SSSR count). The molecule has 1 amide bonds. The summed E-state index contributed by atoms with van der Waals surface area (Å²) in [6.07, 6.45) is 5.23. The normalized spacial score (nSPS) is 15.5. The van der Waals surface area contributed by atoms with Gasteiger partial charge in [0.25, 0.3) is 0 Å². The molecule has 3 aromatic rings. The van der Waals surface area contributed by atoms with Crippen molar-refractivity contribution >= 4 is 23.2 Å². The van der Waals surface area contributed by atoms with Crippen molar-refractivity contribution in [2.45, 2.75) is 19.4 Å². The van der Waals surface area contributed by atoms with Crippen LogP contribution in [-0.2, 0) is 11.3 Å². The second-order valence-electron chi connectivity index (χ2n) is 7.26. The number of furan rings is 1. The lowest BCUT2D eigenvalue weighted by Gasteiger charge is -2.30. The number of anilines is 1. The van der Waals surface area contributed by atoms with E-state index in [0.29, 0.717) is 5.02 Å². The summed E-state index contributed by atoms with van der Waals surface area (Å²) in [4.78, 5) is 15.1. The first kappa shape index (κ1) is 18.8. The third-order valence-electron chi connectivity index (χ3n) is 5.23. The molecule has 4 nitrogen and oxygen atoms in total. The molecule has 2 heterocycles. The molecule has 2 aromatic carbocycles. The number of nitrogens with one attached hydrogen (secondary N) is 1. The Morgan fingerprint density at radius 3 is 2.54 bits per heavy atom. The molecular weight excluding hydrogens is 372 g/mol. The van der Waals surface area contributed by atoms with Gasteiger partial charge in [-0.15, -0.1) is 0 Å². The van der Waals surface area contributed by atoms with Gasteiger partial charge >= 0.3 is 0 Å². The van der Waals surface area contributed by atoms with E-state index in [4.69, 9.17) is 16.0 Å². The van der Waals surface area contributed by atoms with E-state index in [1.54, 1.807) is 12.5 Å². The van der Waals surface area contributed by atoms with Crippen molar-refractivity contribution in [2.75, 3.05) is 18.4 Å². The summed E-state index contributed by atoms with van der Waals surface area (Å²) in [5, 5.41) is 3.79. The van der Waals surface area contributed by atoms with E-state index < -0.39 is 0 Å². The second-order valence-corrected chi connectivity index (χ2v) is 7.70. The molecule has 1 aliphatic rings. The number of halogens is 1. The van der Waals surface area contributed by atoms with Crippen LogP contribution < -0.4 is 5.32 Å². The standard InChI is InChI=1S/C23H23ClN2O2/c24-21-5-1-3-19(13-21)20-4-2-6-22(14-20)25-23(27)18-7-10-26(11-8-18)15-17-9-12-28-16-17/h1-6,9,12-14,16,18H,7-8,10-11,15H2,(H,25,27). The molecule has 5 heteroatoms. The maximum atomic E-state index is 12.7. The van der Waals surface area contributed by atoms with Crippen LogP contribution in [0, 0.1) is 5.92 Å². The smallest absolute Gasteiger partial charge is 0.227 e. The van der Waals surface area contributed by atoms with Gasteiger partial charge in [-0.2, -0.15) is 0 Å². The van der Waals surface area contributed by atoms with E-state index in [-0.39, 0.29) is 11.8 Å². The number of likely N-dealkylation sites (tertiary alicyclic amines) is 1. The minimum atomic E-state index is 0.0513. The van der Waals surface area contributed by atoms with Gasteiger partial charge in [0.2, 0.25) is 5.91 Å². The molecule has 0 saturated carbocycles. The van der Waals surface area contributed by atoms with Crippen LogP contribution in [-0.4, -0.2) is 23.9 Å². The molecule has 1 fully saturated rings. The highest BCUT2D eigenvalue weighted by Gasteiger charge is 2.25. The summed E-state index contributed by atoms with van der Waals surface area (Å²) in [7, 11) is 0. The van der Waals surface area contributed by atoms with E-state index in [9.17, 15) is 4.79 Å². The first-order valence-electron chi connectivity index (χ1n) is 9.58. The lowest BCUT2D eigenvalue weighted by molar-refractivity contribution is -0.121. The molecule has 0 unspecified atom stereocenters. The van der Waals surface area contributed by atoms with Gasteiger partial charge in [0.15, 0.2) is 0 Å². The summed E-state index contributed by atoms with van der Waals surface area (Å²) < 4.78 is 5.13. The van der Waals surface area contributed by atoms with Crippen LogP contribution in [0.4, 0.5) is 5.69 Å². The fraction of sp³-hybridized carbons (Fsp3) is 0.261. The fourth-order valence-corrected chi connectivity index (χ4v) is 3.87. The van der Waals surface area contributed by atoms with Crippen LogP contribution in [0.5, 0.6) is 0 Å². The average Bonchev–Trinajstić information content (AvgIpc) is 3.22. The van der Waals surface area contributed by atoms with Gasteiger partial charge < -0.3 is 9.73 Å². The van der Waals surface area contributed by atoms with Crippen LogP contribution >= 0.6 is 11.6 Å². The Labute approximate surface area is 170 Å². The number of rotatable bonds is 5. The van der Waals surface area contributed by atoms with Gasteiger partial charge in [-0.1, -0.05) is 35.9 Å². The summed E-state index contributed by atoms with van der Waals surface area (Å²) >= 11 is 6.10. The zero-order valence-corrected chi connectivity index (χ0v) is 16.4. The monoisotopic (exact) mass is 394 g/mol. The summed E-state index contributed by atoms with van der Waals surface area (Å²) in [5.74, 6) is 0.154. The number of amides is 1. The molecule has 28 heavy (non-hydrogen) atoms. The number of nitrogens with zero attached hydrogens (tertiary/aromatic N) is 1. The van der Waals surface area contributed by atoms with Crippen LogP contribution in [0.2, 0.25) is 5.02 Å². The van der Waals surface area contributed by atoms with Crippen molar-refractivity contribution in [3.63, 3.8) is 0 Å².